The number of carbonyl (C=O) groups is 1. The summed E-state index contributed by atoms with van der Waals surface area (Å²) in [6.45, 7) is 4.43. The van der Waals surface area contributed by atoms with Crippen LogP contribution in [0.5, 0.6) is 5.75 Å². The van der Waals surface area contributed by atoms with Crippen LogP contribution in [0.15, 0.2) is 41.3 Å². The van der Waals surface area contributed by atoms with Gasteiger partial charge in [-0.1, -0.05) is 24.9 Å². The van der Waals surface area contributed by atoms with Gasteiger partial charge in [0.15, 0.2) is 6.23 Å². The number of rotatable bonds is 12. The molecular formula is C24H31ClN5O8P. The van der Waals surface area contributed by atoms with Crippen molar-refractivity contribution in [3.8, 4) is 11.8 Å². The monoisotopic (exact) mass is 583 g/mol. The third-order valence-electron chi connectivity index (χ3n) is 6.02. The van der Waals surface area contributed by atoms with Gasteiger partial charge in [-0.2, -0.15) is 15.3 Å². The molecule has 3 rings (SSSR count). The van der Waals surface area contributed by atoms with Crippen molar-refractivity contribution in [2.24, 2.45) is 5.41 Å². The molecule has 212 valence electrons. The van der Waals surface area contributed by atoms with E-state index in [-0.39, 0.29) is 18.2 Å². The fraction of sp³-hybridized carbons (Fsp3) is 0.500. The van der Waals surface area contributed by atoms with Crippen molar-refractivity contribution in [1.29, 1.82) is 5.26 Å². The molecule has 0 aliphatic carbocycles. The van der Waals surface area contributed by atoms with E-state index in [0.717, 1.165) is 11.0 Å². The summed E-state index contributed by atoms with van der Waals surface area (Å²) >= 11 is 5.92. The van der Waals surface area contributed by atoms with E-state index in [2.05, 4.69) is 10.1 Å². The molecule has 0 spiro atoms. The molecule has 1 saturated heterocycles. The molecule has 15 heteroatoms. The Morgan fingerprint density at radius 1 is 1.41 bits per heavy atom. The van der Waals surface area contributed by atoms with Crippen molar-refractivity contribution in [1.82, 2.24) is 14.6 Å². The molecule has 2 aromatic rings. The number of esters is 1. The van der Waals surface area contributed by atoms with Crippen LogP contribution in [0.3, 0.4) is 0 Å². The van der Waals surface area contributed by atoms with Crippen LogP contribution in [0.25, 0.3) is 0 Å². The molecule has 6 atom stereocenters. The summed E-state index contributed by atoms with van der Waals surface area (Å²) in [5.74, 6) is -0.576. The Labute approximate surface area is 230 Å². The van der Waals surface area contributed by atoms with Crippen LogP contribution < -0.4 is 21.0 Å². The quantitative estimate of drug-likeness (QED) is 0.188. The van der Waals surface area contributed by atoms with Crippen LogP contribution >= 0.6 is 19.3 Å². The van der Waals surface area contributed by atoms with E-state index in [1.807, 2.05) is 13.0 Å². The number of nitrogens with two attached hydrogens (primary N) is 1. The summed E-state index contributed by atoms with van der Waals surface area (Å²) in [7, 11) is -4.31. The number of nitriles is 1. The number of ether oxygens (including phenoxy) is 2. The van der Waals surface area contributed by atoms with Crippen molar-refractivity contribution in [3.63, 3.8) is 0 Å². The minimum absolute atomic E-state index is 0.0259. The molecule has 39 heavy (non-hydrogen) atoms. The van der Waals surface area contributed by atoms with Crippen LogP contribution in [0.1, 0.15) is 39.8 Å². The van der Waals surface area contributed by atoms with E-state index < -0.39 is 55.9 Å². The van der Waals surface area contributed by atoms with Gasteiger partial charge in [0.05, 0.1) is 19.3 Å². The number of nitrogens with one attached hydrogen (secondary N) is 1. The van der Waals surface area contributed by atoms with Crippen molar-refractivity contribution in [2.75, 3.05) is 18.9 Å². The molecule has 0 amide bonds. The zero-order chi connectivity index (χ0) is 28.8. The van der Waals surface area contributed by atoms with Crippen LogP contribution in [-0.4, -0.2) is 52.1 Å². The topological polar surface area (TPSA) is 188 Å². The van der Waals surface area contributed by atoms with Gasteiger partial charge >= 0.3 is 19.4 Å². The SMILES string of the molecule is CCCCOC(=O)[C@H](C)NP(=O)(OC[C@H]1O[C@@H](n2ccc(N)nc2=O)[C@](C)(C#N)[C@@H]1O)Oc1ccc(Cl)cc1. The van der Waals surface area contributed by atoms with E-state index >= 15 is 0 Å². The number of aromatic nitrogens is 2. The van der Waals surface area contributed by atoms with Gasteiger partial charge < -0.3 is 24.8 Å². The molecular weight excluding hydrogens is 553 g/mol. The number of aliphatic hydroxyl groups excluding tert-OH is 1. The predicted molar refractivity (Wildman–Crippen MR) is 141 cm³/mol. The summed E-state index contributed by atoms with van der Waals surface area (Å²) in [4.78, 5) is 28.4. The van der Waals surface area contributed by atoms with Gasteiger partial charge in [0, 0.05) is 11.2 Å². The minimum atomic E-state index is -4.31. The summed E-state index contributed by atoms with van der Waals surface area (Å²) in [6.07, 6.45) is -1.18. The molecule has 0 saturated carbocycles. The highest BCUT2D eigenvalue weighted by Gasteiger charge is 2.55. The van der Waals surface area contributed by atoms with Gasteiger partial charge in [0.25, 0.3) is 0 Å². The van der Waals surface area contributed by atoms with Crippen molar-refractivity contribution >= 4 is 31.1 Å². The number of nitrogens with zero attached hydrogens (tertiary/aromatic N) is 3. The largest absolute Gasteiger partial charge is 0.465 e. The Kier molecular flexibility index (Phi) is 10.1. The van der Waals surface area contributed by atoms with Gasteiger partial charge in [-0.25, -0.2) is 9.36 Å². The third-order valence-corrected chi connectivity index (χ3v) is 7.92. The number of nitrogen functional groups attached to an aromatic ring is 1. The standard InChI is InChI=1S/C24H31ClN5O8P/c1-4-5-12-35-21(32)15(2)29-39(34,38-17-8-6-16(25)7-9-17)36-13-18-20(31)24(3,14-26)22(37-18)30-11-10-19(27)28-23(30)33/h6-11,15,18,20,22,31H,4-5,12-13H2,1-3H3,(H,29,34)(H2,27,28,33)/t15-,18+,20+,22+,24+,39?/m0/s1. The summed E-state index contributed by atoms with van der Waals surface area (Å²) in [6, 6.07) is 8.16. The van der Waals surface area contributed by atoms with Crippen LogP contribution in [0, 0.1) is 16.7 Å². The Hall–Kier alpha value is -2.98. The van der Waals surface area contributed by atoms with E-state index in [1.165, 1.54) is 50.4 Å². The Balaban J connectivity index is 1.81. The lowest BCUT2D eigenvalue weighted by molar-refractivity contribution is -0.145. The fourth-order valence-corrected chi connectivity index (χ4v) is 5.38. The lowest BCUT2D eigenvalue weighted by Gasteiger charge is -2.26. The van der Waals surface area contributed by atoms with Crippen LogP contribution in [0.4, 0.5) is 5.82 Å². The maximum absolute atomic E-state index is 13.8. The number of anilines is 1. The number of benzene rings is 1. The predicted octanol–water partition coefficient (Wildman–Crippen LogP) is 2.79. The second kappa shape index (κ2) is 12.9. The number of unbranched alkanes of at least 4 members (excludes halogenated alkanes) is 1. The molecule has 0 radical (unpaired) electrons. The highest BCUT2D eigenvalue weighted by molar-refractivity contribution is 7.52. The third kappa shape index (κ3) is 7.36. The van der Waals surface area contributed by atoms with Gasteiger partial charge in [-0.3, -0.25) is 13.9 Å². The highest BCUT2D eigenvalue weighted by atomic mass is 35.5. The van der Waals surface area contributed by atoms with E-state index in [9.17, 15) is 24.5 Å². The molecule has 2 heterocycles. The second-order valence-corrected chi connectivity index (χ2v) is 11.2. The number of hydrogen-bond donors (Lipinski definition) is 3. The maximum Gasteiger partial charge on any atom is 0.459 e. The average Bonchev–Trinajstić information content (AvgIpc) is 3.14. The first-order chi connectivity index (χ1) is 18.4. The van der Waals surface area contributed by atoms with E-state index in [4.69, 9.17) is 35.9 Å². The van der Waals surface area contributed by atoms with Gasteiger partial charge in [-0.15, -0.1) is 0 Å². The zero-order valence-electron chi connectivity index (χ0n) is 21.7. The first-order valence-corrected chi connectivity index (χ1v) is 14.1. The molecule has 1 aromatic heterocycles. The van der Waals surface area contributed by atoms with E-state index in [1.54, 1.807) is 0 Å². The van der Waals surface area contributed by atoms with Gasteiger partial charge in [0.2, 0.25) is 0 Å². The van der Waals surface area contributed by atoms with Gasteiger partial charge in [0.1, 0.15) is 35.2 Å². The Morgan fingerprint density at radius 3 is 2.72 bits per heavy atom. The number of carbonyl (C=O) groups excluding carboxylic acids is 1. The Morgan fingerprint density at radius 2 is 2.10 bits per heavy atom. The van der Waals surface area contributed by atoms with Crippen LogP contribution in [-0.2, 0) is 23.4 Å². The first-order valence-electron chi connectivity index (χ1n) is 12.2. The van der Waals surface area contributed by atoms with Gasteiger partial charge in [-0.05, 0) is 50.6 Å². The zero-order valence-corrected chi connectivity index (χ0v) is 23.3. The Bertz CT molecular complexity index is 1300. The van der Waals surface area contributed by atoms with Crippen molar-refractivity contribution in [2.45, 2.75) is 58.1 Å². The normalized spacial score (nSPS) is 24.9. The molecule has 4 N–H and O–H groups in total. The molecule has 1 aliphatic rings. The number of aliphatic hydroxyl groups is 1. The van der Waals surface area contributed by atoms with Crippen molar-refractivity contribution in [3.05, 3.63) is 52.0 Å². The number of hydrogen-bond acceptors (Lipinski definition) is 11. The molecule has 1 unspecified atom stereocenters. The molecule has 13 nitrogen and oxygen atoms in total. The molecule has 1 fully saturated rings. The first kappa shape index (κ1) is 30.6. The second-order valence-electron chi connectivity index (χ2n) is 9.12. The lowest BCUT2D eigenvalue weighted by atomic mass is 9.84. The molecule has 1 aromatic carbocycles. The maximum atomic E-state index is 13.8. The smallest absolute Gasteiger partial charge is 0.459 e. The average molecular weight is 584 g/mol. The molecule has 1 aliphatic heterocycles. The van der Waals surface area contributed by atoms with Crippen molar-refractivity contribution < 1.29 is 33.0 Å². The lowest BCUT2D eigenvalue weighted by Crippen LogP contribution is -2.40. The number of halogens is 1. The fourth-order valence-electron chi connectivity index (χ4n) is 3.75. The summed E-state index contributed by atoms with van der Waals surface area (Å²) in [5, 5.41) is 23.8. The molecule has 0 bridgehead atoms. The summed E-state index contributed by atoms with van der Waals surface area (Å²) in [5.41, 5.74) is 3.15. The minimum Gasteiger partial charge on any atom is -0.465 e. The highest BCUT2D eigenvalue weighted by Crippen LogP contribution is 2.49. The summed E-state index contributed by atoms with van der Waals surface area (Å²) < 4.78 is 37.0. The van der Waals surface area contributed by atoms with E-state index in [0.29, 0.717) is 11.4 Å². The van der Waals surface area contributed by atoms with Crippen LogP contribution in [0.2, 0.25) is 5.02 Å².